The molecule has 0 unspecified atom stereocenters. The van der Waals surface area contributed by atoms with Gasteiger partial charge in [0.05, 0.1) is 6.61 Å². The van der Waals surface area contributed by atoms with E-state index in [9.17, 15) is 0 Å². The van der Waals surface area contributed by atoms with Crippen LogP contribution in [0.1, 0.15) is 0 Å². The Morgan fingerprint density at radius 2 is 2.38 bits per heavy atom. The molecule has 0 amide bonds. The molecule has 0 aliphatic heterocycles. The molecule has 0 aromatic carbocycles. The Morgan fingerprint density at radius 1 is 1.50 bits per heavy atom. The van der Waals surface area contributed by atoms with Gasteiger partial charge in [-0.3, -0.25) is 0 Å². The second-order valence-corrected chi connectivity index (χ2v) is 4.37. The highest BCUT2D eigenvalue weighted by Gasteiger charge is 2.10. The Kier molecular flexibility index (Phi) is 3.54. The van der Waals surface area contributed by atoms with Crippen LogP contribution in [0, 0.1) is 0 Å². The molecule has 3 nitrogen and oxygen atoms in total. The normalized spacial score (nSPS) is 10.6. The highest BCUT2D eigenvalue weighted by molar-refractivity contribution is 7.17. The Hall–Kier alpha value is -1.39. The molecule has 0 saturated heterocycles. The zero-order valence-corrected chi connectivity index (χ0v) is 9.78. The van der Waals surface area contributed by atoms with Gasteiger partial charge >= 0.3 is 0 Å². The van der Waals surface area contributed by atoms with Gasteiger partial charge < -0.3 is 10.0 Å². The lowest BCUT2D eigenvalue weighted by Gasteiger charge is -2.21. The van der Waals surface area contributed by atoms with Gasteiger partial charge in [-0.2, -0.15) is 0 Å². The van der Waals surface area contributed by atoms with Crippen LogP contribution in [-0.2, 0) is 0 Å². The number of rotatable bonds is 5. The molecule has 0 bridgehead atoms. The van der Waals surface area contributed by atoms with Crippen LogP contribution in [0.25, 0.3) is 10.1 Å². The lowest BCUT2D eigenvalue weighted by atomic mass is 10.3. The first-order valence-corrected chi connectivity index (χ1v) is 6.03. The van der Waals surface area contributed by atoms with Crippen LogP contribution in [-0.4, -0.2) is 29.8 Å². The summed E-state index contributed by atoms with van der Waals surface area (Å²) in [6.07, 6.45) is 3.63. The maximum Gasteiger partial charge on any atom is 0.137 e. The van der Waals surface area contributed by atoms with Crippen molar-refractivity contribution in [2.75, 3.05) is 24.6 Å². The van der Waals surface area contributed by atoms with Crippen molar-refractivity contribution in [3.63, 3.8) is 0 Å². The fourth-order valence-corrected chi connectivity index (χ4v) is 2.47. The van der Waals surface area contributed by atoms with E-state index in [0.717, 1.165) is 11.2 Å². The second kappa shape index (κ2) is 5.09. The first-order chi connectivity index (χ1) is 7.86. The molecule has 84 valence electrons. The van der Waals surface area contributed by atoms with E-state index in [1.165, 1.54) is 4.70 Å². The third kappa shape index (κ3) is 2.08. The molecule has 2 aromatic heterocycles. The summed E-state index contributed by atoms with van der Waals surface area (Å²) in [7, 11) is 0. The number of thiophene rings is 1. The maximum absolute atomic E-state index is 9.05. The van der Waals surface area contributed by atoms with Gasteiger partial charge in [0, 0.05) is 29.4 Å². The number of nitrogens with zero attached hydrogens (tertiary/aromatic N) is 2. The average Bonchev–Trinajstić information content (AvgIpc) is 2.76. The number of aliphatic hydroxyl groups is 1. The minimum absolute atomic E-state index is 0.121. The number of pyridine rings is 1. The molecule has 0 fully saturated rings. The second-order valence-electron chi connectivity index (χ2n) is 3.43. The van der Waals surface area contributed by atoms with E-state index in [0.29, 0.717) is 13.1 Å². The average molecular weight is 234 g/mol. The van der Waals surface area contributed by atoms with Crippen LogP contribution in [0.15, 0.2) is 36.4 Å². The zero-order valence-electron chi connectivity index (χ0n) is 8.97. The molecular formula is C12H14N2OS. The van der Waals surface area contributed by atoms with Crippen LogP contribution >= 0.6 is 11.3 Å². The highest BCUT2D eigenvalue weighted by Crippen LogP contribution is 2.28. The Bertz CT molecular complexity index is 481. The molecule has 0 saturated carbocycles. The largest absolute Gasteiger partial charge is 0.395 e. The summed E-state index contributed by atoms with van der Waals surface area (Å²) in [6.45, 7) is 5.12. The van der Waals surface area contributed by atoms with Crippen LogP contribution in [0.4, 0.5) is 5.82 Å². The van der Waals surface area contributed by atoms with Gasteiger partial charge in [0.2, 0.25) is 0 Å². The minimum atomic E-state index is 0.121. The molecule has 16 heavy (non-hydrogen) atoms. The molecule has 0 radical (unpaired) electrons. The van der Waals surface area contributed by atoms with Crippen LogP contribution in [0.2, 0.25) is 0 Å². The molecule has 0 aliphatic carbocycles. The summed E-state index contributed by atoms with van der Waals surface area (Å²) in [5, 5.41) is 12.2. The lowest BCUT2D eigenvalue weighted by molar-refractivity contribution is 0.303. The number of aliphatic hydroxyl groups excluding tert-OH is 1. The van der Waals surface area contributed by atoms with Crippen molar-refractivity contribution < 1.29 is 5.11 Å². The summed E-state index contributed by atoms with van der Waals surface area (Å²) in [5.74, 6) is 0.924. The van der Waals surface area contributed by atoms with Gasteiger partial charge in [-0.05, 0) is 17.5 Å². The number of hydrogen-bond acceptors (Lipinski definition) is 4. The van der Waals surface area contributed by atoms with Crippen molar-refractivity contribution >= 4 is 27.2 Å². The fraction of sp³-hybridized carbons (Fsp3) is 0.250. The third-order valence-corrected chi connectivity index (χ3v) is 3.26. The van der Waals surface area contributed by atoms with E-state index in [-0.39, 0.29) is 6.61 Å². The van der Waals surface area contributed by atoms with Crippen molar-refractivity contribution in [1.29, 1.82) is 0 Å². The monoisotopic (exact) mass is 234 g/mol. The Morgan fingerprint density at radius 3 is 3.12 bits per heavy atom. The summed E-state index contributed by atoms with van der Waals surface area (Å²) in [5.41, 5.74) is 0. The predicted molar refractivity (Wildman–Crippen MR) is 69.1 cm³/mol. The van der Waals surface area contributed by atoms with E-state index in [1.807, 2.05) is 23.2 Å². The molecule has 2 heterocycles. The summed E-state index contributed by atoms with van der Waals surface area (Å²) < 4.78 is 1.22. The van der Waals surface area contributed by atoms with Crippen LogP contribution < -0.4 is 4.90 Å². The van der Waals surface area contributed by atoms with Crippen LogP contribution in [0.3, 0.4) is 0 Å². The lowest BCUT2D eigenvalue weighted by Crippen LogP contribution is -2.27. The smallest absolute Gasteiger partial charge is 0.137 e. The predicted octanol–water partition coefficient (Wildman–Crippen LogP) is 2.28. The van der Waals surface area contributed by atoms with Crippen molar-refractivity contribution in [3.8, 4) is 0 Å². The first kappa shape index (κ1) is 11.1. The maximum atomic E-state index is 9.05. The molecule has 0 spiro atoms. The van der Waals surface area contributed by atoms with Crippen molar-refractivity contribution in [3.05, 3.63) is 36.4 Å². The number of anilines is 1. The van der Waals surface area contributed by atoms with Gasteiger partial charge in [0.25, 0.3) is 0 Å². The summed E-state index contributed by atoms with van der Waals surface area (Å²) >= 11 is 1.70. The number of hydrogen-bond donors (Lipinski definition) is 1. The molecule has 0 atom stereocenters. The highest BCUT2D eigenvalue weighted by atomic mass is 32.1. The SMILES string of the molecule is C=CCN(CCO)c1nccc2sccc12. The van der Waals surface area contributed by atoms with E-state index in [4.69, 9.17) is 5.11 Å². The van der Waals surface area contributed by atoms with E-state index in [2.05, 4.69) is 23.0 Å². The third-order valence-electron chi connectivity index (χ3n) is 2.38. The molecule has 0 aliphatic rings. The van der Waals surface area contributed by atoms with Crippen molar-refractivity contribution in [2.24, 2.45) is 0 Å². The summed E-state index contributed by atoms with van der Waals surface area (Å²) in [4.78, 5) is 6.42. The van der Waals surface area contributed by atoms with Crippen molar-refractivity contribution in [2.45, 2.75) is 0 Å². The summed E-state index contributed by atoms with van der Waals surface area (Å²) in [6, 6.07) is 4.07. The fourth-order valence-electron chi connectivity index (χ4n) is 1.69. The topological polar surface area (TPSA) is 36.4 Å². The first-order valence-electron chi connectivity index (χ1n) is 5.15. The van der Waals surface area contributed by atoms with Gasteiger partial charge in [-0.15, -0.1) is 17.9 Å². The standard InChI is InChI=1S/C12H14N2OS/c1-2-6-14(7-8-15)12-10-4-9-16-11(10)3-5-13-12/h2-5,9,15H,1,6-8H2. The van der Waals surface area contributed by atoms with Crippen molar-refractivity contribution in [1.82, 2.24) is 4.98 Å². The molecule has 4 heteroatoms. The van der Waals surface area contributed by atoms with Gasteiger partial charge in [0.1, 0.15) is 5.82 Å². The van der Waals surface area contributed by atoms with E-state index in [1.54, 1.807) is 11.3 Å². The number of fused-ring (bicyclic) bond motifs is 1. The minimum Gasteiger partial charge on any atom is -0.395 e. The van der Waals surface area contributed by atoms with Gasteiger partial charge in [-0.1, -0.05) is 6.08 Å². The van der Waals surface area contributed by atoms with Crippen LogP contribution in [0.5, 0.6) is 0 Å². The Balaban J connectivity index is 2.42. The van der Waals surface area contributed by atoms with Gasteiger partial charge in [-0.25, -0.2) is 4.98 Å². The van der Waals surface area contributed by atoms with Gasteiger partial charge in [0.15, 0.2) is 0 Å². The molecular weight excluding hydrogens is 220 g/mol. The molecule has 2 aromatic rings. The van der Waals surface area contributed by atoms with E-state index < -0.39 is 0 Å². The Labute approximate surface area is 98.7 Å². The quantitative estimate of drug-likeness (QED) is 0.806. The van der Waals surface area contributed by atoms with E-state index >= 15 is 0 Å². The molecule has 1 N–H and O–H groups in total. The zero-order chi connectivity index (χ0) is 11.4. The number of aromatic nitrogens is 1. The molecule has 2 rings (SSSR count).